The topological polar surface area (TPSA) is 49.8 Å². The van der Waals surface area contributed by atoms with E-state index in [-0.39, 0.29) is 6.04 Å². The molecule has 1 aliphatic rings. The maximum Gasteiger partial charge on any atom is 0.136 e. The largest absolute Gasteiger partial charge is 0.370 e. The monoisotopic (exact) mass is 302 g/mol. The fraction of sp³-hybridized carbons (Fsp3) is 0.500. The standard InChI is InChI=1S/C16H22N4S/c1-3-7-17-14-9-15(20-16(19-14)12-4-5-12)18-11(2)13-6-8-21-10-13/h6,8-12H,3-5,7H2,1-2H3,(H2,17,18,19,20). The molecule has 1 saturated carbocycles. The Morgan fingerprint density at radius 3 is 2.81 bits per heavy atom. The molecule has 3 rings (SSSR count). The number of hydrogen-bond donors (Lipinski definition) is 2. The second kappa shape index (κ2) is 6.43. The van der Waals surface area contributed by atoms with E-state index in [4.69, 9.17) is 4.98 Å². The first-order valence-electron chi connectivity index (χ1n) is 7.67. The van der Waals surface area contributed by atoms with Gasteiger partial charge in [0.2, 0.25) is 0 Å². The van der Waals surface area contributed by atoms with E-state index in [1.54, 1.807) is 11.3 Å². The molecule has 0 amide bonds. The van der Waals surface area contributed by atoms with Gasteiger partial charge in [-0.1, -0.05) is 6.92 Å². The first kappa shape index (κ1) is 14.3. The van der Waals surface area contributed by atoms with E-state index in [1.165, 1.54) is 18.4 Å². The van der Waals surface area contributed by atoms with Crippen molar-refractivity contribution in [3.8, 4) is 0 Å². The van der Waals surface area contributed by atoms with Gasteiger partial charge < -0.3 is 10.6 Å². The van der Waals surface area contributed by atoms with Gasteiger partial charge in [0.1, 0.15) is 17.5 Å². The summed E-state index contributed by atoms with van der Waals surface area (Å²) in [5.41, 5.74) is 1.30. The molecule has 0 aromatic carbocycles. The molecule has 2 N–H and O–H groups in total. The van der Waals surface area contributed by atoms with Crippen LogP contribution in [0.3, 0.4) is 0 Å². The highest BCUT2D eigenvalue weighted by atomic mass is 32.1. The van der Waals surface area contributed by atoms with Gasteiger partial charge in [-0.15, -0.1) is 0 Å². The van der Waals surface area contributed by atoms with E-state index in [9.17, 15) is 0 Å². The summed E-state index contributed by atoms with van der Waals surface area (Å²) in [6.45, 7) is 5.27. The molecule has 0 saturated heterocycles. The molecule has 0 radical (unpaired) electrons. The third-order valence-electron chi connectivity index (χ3n) is 3.65. The van der Waals surface area contributed by atoms with Gasteiger partial charge >= 0.3 is 0 Å². The lowest BCUT2D eigenvalue weighted by Gasteiger charge is -2.15. The van der Waals surface area contributed by atoms with E-state index in [0.29, 0.717) is 5.92 Å². The number of nitrogens with one attached hydrogen (secondary N) is 2. The minimum atomic E-state index is 0.261. The highest BCUT2D eigenvalue weighted by Crippen LogP contribution is 2.39. The Hall–Kier alpha value is -1.62. The molecule has 4 nitrogen and oxygen atoms in total. The SMILES string of the molecule is CCCNc1cc(NC(C)c2ccsc2)nc(C2CC2)n1. The quantitative estimate of drug-likeness (QED) is 0.795. The Labute approximate surface area is 130 Å². The molecule has 112 valence electrons. The van der Waals surface area contributed by atoms with Gasteiger partial charge in [-0.25, -0.2) is 9.97 Å². The van der Waals surface area contributed by atoms with Crippen molar-refractivity contribution in [2.24, 2.45) is 0 Å². The molecule has 1 unspecified atom stereocenters. The van der Waals surface area contributed by atoms with Crippen molar-refractivity contribution in [1.29, 1.82) is 0 Å². The Morgan fingerprint density at radius 1 is 1.33 bits per heavy atom. The molecule has 2 heterocycles. The molecular formula is C16H22N4S. The third kappa shape index (κ3) is 3.73. The van der Waals surface area contributed by atoms with E-state index in [2.05, 4.69) is 46.3 Å². The van der Waals surface area contributed by atoms with E-state index in [1.807, 2.05) is 6.07 Å². The first-order chi connectivity index (χ1) is 10.3. The Bertz CT molecular complexity index is 578. The van der Waals surface area contributed by atoms with Crippen molar-refractivity contribution in [2.45, 2.75) is 45.1 Å². The van der Waals surface area contributed by atoms with Gasteiger partial charge in [-0.2, -0.15) is 11.3 Å². The summed E-state index contributed by atoms with van der Waals surface area (Å²) in [5.74, 6) is 3.40. The normalized spacial score (nSPS) is 15.7. The predicted octanol–water partition coefficient (Wildman–Crippen LogP) is 4.41. The lowest BCUT2D eigenvalue weighted by Crippen LogP contribution is -2.11. The number of anilines is 2. The first-order valence-corrected chi connectivity index (χ1v) is 8.62. The molecule has 1 atom stereocenters. The summed E-state index contributed by atoms with van der Waals surface area (Å²) in [5, 5.41) is 11.2. The fourth-order valence-corrected chi connectivity index (χ4v) is 2.99. The van der Waals surface area contributed by atoms with Crippen LogP contribution in [0.4, 0.5) is 11.6 Å². The van der Waals surface area contributed by atoms with Crippen molar-refractivity contribution in [1.82, 2.24) is 9.97 Å². The lowest BCUT2D eigenvalue weighted by molar-refractivity contribution is 0.855. The molecule has 2 aromatic heterocycles. The third-order valence-corrected chi connectivity index (χ3v) is 4.35. The molecule has 0 aliphatic heterocycles. The number of rotatable bonds is 7. The molecule has 1 fully saturated rings. The highest BCUT2D eigenvalue weighted by Gasteiger charge is 2.27. The van der Waals surface area contributed by atoms with Crippen LogP contribution < -0.4 is 10.6 Å². The molecule has 0 spiro atoms. The summed E-state index contributed by atoms with van der Waals surface area (Å²) >= 11 is 1.73. The van der Waals surface area contributed by atoms with Crippen molar-refractivity contribution in [3.05, 3.63) is 34.3 Å². The average molecular weight is 302 g/mol. The summed E-state index contributed by atoms with van der Waals surface area (Å²) < 4.78 is 0. The van der Waals surface area contributed by atoms with Crippen LogP contribution in [0.15, 0.2) is 22.9 Å². The maximum atomic E-state index is 4.69. The summed E-state index contributed by atoms with van der Waals surface area (Å²) in [4.78, 5) is 9.34. The van der Waals surface area contributed by atoms with Crippen LogP contribution in [0, 0.1) is 0 Å². The second-order valence-corrected chi connectivity index (χ2v) is 6.40. The van der Waals surface area contributed by atoms with Crippen LogP contribution >= 0.6 is 11.3 Å². The summed E-state index contributed by atoms with van der Waals surface area (Å²) in [7, 11) is 0. The Kier molecular flexibility index (Phi) is 4.39. The fourth-order valence-electron chi connectivity index (χ4n) is 2.23. The van der Waals surface area contributed by atoms with Crippen LogP contribution in [0.2, 0.25) is 0 Å². The van der Waals surface area contributed by atoms with E-state index < -0.39 is 0 Å². The smallest absolute Gasteiger partial charge is 0.136 e. The van der Waals surface area contributed by atoms with Crippen molar-refractivity contribution in [3.63, 3.8) is 0 Å². The summed E-state index contributed by atoms with van der Waals surface area (Å²) in [6.07, 6.45) is 3.53. The minimum Gasteiger partial charge on any atom is -0.370 e. The van der Waals surface area contributed by atoms with Gasteiger partial charge in [-0.3, -0.25) is 0 Å². The van der Waals surface area contributed by atoms with Crippen molar-refractivity contribution >= 4 is 23.0 Å². The maximum absolute atomic E-state index is 4.69. The van der Waals surface area contributed by atoms with Gasteiger partial charge in [0, 0.05) is 18.5 Å². The molecule has 5 heteroatoms. The number of hydrogen-bond acceptors (Lipinski definition) is 5. The Balaban J connectivity index is 1.77. The zero-order valence-electron chi connectivity index (χ0n) is 12.6. The van der Waals surface area contributed by atoms with Gasteiger partial charge in [-0.05, 0) is 48.6 Å². The average Bonchev–Trinajstić information content (AvgIpc) is 3.19. The molecule has 21 heavy (non-hydrogen) atoms. The zero-order valence-corrected chi connectivity index (χ0v) is 13.4. The molecule has 2 aromatic rings. The van der Waals surface area contributed by atoms with Crippen molar-refractivity contribution < 1.29 is 0 Å². The van der Waals surface area contributed by atoms with E-state index >= 15 is 0 Å². The van der Waals surface area contributed by atoms with E-state index in [0.717, 1.165) is 30.4 Å². The van der Waals surface area contributed by atoms with Crippen LogP contribution in [0.1, 0.15) is 56.5 Å². The molecule has 1 aliphatic carbocycles. The Morgan fingerprint density at radius 2 is 2.14 bits per heavy atom. The van der Waals surface area contributed by atoms with Crippen LogP contribution in [0.25, 0.3) is 0 Å². The number of aromatic nitrogens is 2. The second-order valence-electron chi connectivity index (χ2n) is 5.62. The highest BCUT2D eigenvalue weighted by molar-refractivity contribution is 7.07. The number of nitrogens with zero attached hydrogens (tertiary/aromatic N) is 2. The minimum absolute atomic E-state index is 0.261. The number of thiophene rings is 1. The van der Waals surface area contributed by atoms with Crippen LogP contribution in [-0.4, -0.2) is 16.5 Å². The predicted molar refractivity (Wildman–Crippen MR) is 89.1 cm³/mol. The molecular weight excluding hydrogens is 280 g/mol. The van der Waals surface area contributed by atoms with Gasteiger partial charge in [0.15, 0.2) is 0 Å². The van der Waals surface area contributed by atoms with Gasteiger partial charge in [0.05, 0.1) is 6.04 Å². The van der Waals surface area contributed by atoms with Crippen molar-refractivity contribution in [2.75, 3.05) is 17.2 Å². The summed E-state index contributed by atoms with van der Waals surface area (Å²) in [6, 6.07) is 4.43. The van der Waals surface area contributed by atoms with Crippen LogP contribution in [-0.2, 0) is 0 Å². The zero-order chi connectivity index (χ0) is 14.7. The van der Waals surface area contributed by atoms with Gasteiger partial charge in [0.25, 0.3) is 0 Å². The molecule has 0 bridgehead atoms. The lowest BCUT2D eigenvalue weighted by atomic mass is 10.2. The van der Waals surface area contributed by atoms with Crippen LogP contribution in [0.5, 0.6) is 0 Å².